The molecule has 2 heterocycles. The third-order valence-electron chi connectivity index (χ3n) is 5.34. The molecule has 0 radical (unpaired) electrons. The summed E-state index contributed by atoms with van der Waals surface area (Å²) in [6.07, 6.45) is 0.538. The molecule has 1 saturated heterocycles. The van der Waals surface area contributed by atoms with Crippen molar-refractivity contribution in [3.05, 3.63) is 52.3 Å². The maximum atomic E-state index is 12.7. The van der Waals surface area contributed by atoms with E-state index in [-0.39, 0.29) is 29.9 Å². The van der Waals surface area contributed by atoms with Crippen LogP contribution in [0.1, 0.15) is 50.1 Å². The molecule has 0 bridgehead atoms. The molecule has 1 fully saturated rings. The van der Waals surface area contributed by atoms with Gasteiger partial charge in [-0.1, -0.05) is 6.07 Å². The molecule has 1 atom stereocenters. The smallest absolute Gasteiger partial charge is 0.338 e. The molecule has 0 saturated carbocycles. The van der Waals surface area contributed by atoms with Gasteiger partial charge in [-0.3, -0.25) is 4.79 Å². The minimum atomic E-state index is -3.03. The lowest BCUT2D eigenvalue weighted by molar-refractivity contribution is 0.0474. The molecule has 29 heavy (non-hydrogen) atoms. The number of carbonyl (C=O) groups is 2. The number of hydrogen-bond acceptors (Lipinski definition) is 6. The van der Waals surface area contributed by atoms with E-state index in [4.69, 9.17) is 9.47 Å². The Kier molecular flexibility index (Phi) is 5.84. The molecule has 1 aromatic carbocycles. The van der Waals surface area contributed by atoms with E-state index >= 15 is 0 Å². The summed E-state index contributed by atoms with van der Waals surface area (Å²) < 4.78 is 35.9. The maximum Gasteiger partial charge on any atom is 0.338 e. The second-order valence-electron chi connectivity index (χ2n) is 7.40. The van der Waals surface area contributed by atoms with Crippen molar-refractivity contribution in [2.45, 2.75) is 33.2 Å². The van der Waals surface area contributed by atoms with Gasteiger partial charge in [-0.05, 0) is 51.0 Å². The molecule has 1 aliphatic rings. The van der Waals surface area contributed by atoms with Gasteiger partial charge in [0.15, 0.2) is 16.4 Å². The van der Waals surface area contributed by atoms with Gasteiger partial charge in [0, 0.05) is 23.0 Å². The van der Waals surface area contributed by atoms with Gasteiger partial charge in [0.05, 0.1) is 24.2 Å². The summed E-state index contributed by atoms with van der Waals surface area (Å²) in [5, 5.41) is 0. The zero-order valence-corrected chi connectivity index (χ0v) is 17.8. The number of hydrogen-bond donors (Lipinski definition) is 0. The van der Waals surface area contributed by atoms with Gasteiger partial charge in [-0.2, -0.15) is 0 Å². The van der Waals surface area contributed by atoms with Crippen molar-refractivity contribution in [1.29, 1.82) is 0 Å². The van der Waals surface area contributed by atoms with Gasteiger partial charge < -0.3 is 14.0 Å². The van der Waals surface area contributed by atoms with E-state index in [1.165, 1.54) is 7.11 Å². The van der Waals surface area contributed by atoms with E-state index in [0.717, 1.165) is 11.3 Å². The van der Waals surface area contributed by atoms with E-state index in [2.05, 4.69) is 0 Å². The van der Waals surface area contributed by atoms with Crippen molar-refractivity contribution in [2.75, 3.05) is 25.2 Å². The second-order valence-corrected chi connectivity index (χ2v) is 9.62. The number of ether oxygens (including phenoxy) is 2. The standard InChI is InChI=1S/C21H25NO6S/c1-13-5-6-16(10-20(13)27-4)21(24)28-11-19(23)18-9-14(2)22(15(18)3)17-7-8-29(25,26)12-17/h5-6,9-10,17H,7-8,11-12H2,1-4H3/t17-/m0/s1. The Hall–Kier alpha value is -2.61. The summed E-state index contributed by atoms with van der Waals surface area (Å²) >= 11 is 0. The van der Waals surface area contributed by atoms with Crippen LogP contribution in [0.15, 0.2) is 24.3 Å². The molecule has 3 rings (SSSR count). The monoisotopic (exact) mass is 419 g/mol. The summed E-state index contributed by atoms with van der Waals surface area (Å²) in [6, 6.07) is 6.52. The summed E-state index contributed by atoms with van der Waals surface area (Å²) in [6.45, 7) is 5.11. The highest BCUT2D eigenvalue weighted by molar-refractivity contribution is 7.91. The number of aromatic nitrogens is 1. The quantitative estimate of drug-likeness (QED) is 0.528. The molecule has 0 N–H and O–H groups in total. The number of methoxy groups -OCH3 is 1. The van der Waals surface area contributed by atoms with Crippen molar-refractivity contribution in [3.8, 4) is 5.75 Å². The first-order valence-electron chi connectivity index (χ1n) is 9.36. The third kappa shape index (κ3) is 4.37. The predicted molar refractivity (Wildman–Crippen MR) is 109 cm³/mol. The van der Waals surface area contributed by atoms with Gasteiger partial charge in [0.2, 0.25) is 5.78 Å². The van der Waals surface area contributed by atoms with Crippen LogP contribution in [0.2, 0.25) is 0 Å². The zero-order chi connectivity index (χ0) is 21.3. The Balaban J connectivity index is 1.72. The topological polar surface area (TPSA) is 91.7 Å². The molecule has 2 aromatic rings. The van der Waals surface area contributed by atoms with E-state index in [0.29, 0.717) is 29.0 Å². The molecule has 1 aromatic heterocycles. The second kappa shape index (κ2) is 8.02. The van der Waals surface area contributed by atoms with Crippen LogP contribution in [0.3, 0.4) is 0 Å². The fourth-order valence-electron chi connectivity index (χ4n) is 3.84. The van der Waals surface area contributed by atoms with Crippen molar-refractivity contribution < 1.29 is 27.5 Å². The molecule has 0 spiro atoms. The van der Waals surface area contributed by atoms with Crippen molar-refractivity contribution in [3.63, 3.8) is 0 Å². The molecular weight excluding hydrogens is 394 g/mol. The first-order chi connectivity index (χ1) is 13.6. The number of rotatable bonds is 6. The first-order valence-corrected chi connectivity index (χ1v) is 11.2. The molecule has 0 unspecified atom stereocenters. The van der Waals surface area contributed by atoms with Gasteiger partial charge in [0.1, 0.15) is 5.75 Å². The van der Waals surface area contributed by atoms with E-state index in [1.807, 2.05) is 18.4 Å². The first kappa shape index (κ1) is 21.1. The van der Waals surface area contributed by atoms with E-state index in [1.54, 1.807) is 31.2 Å². The highest BCUT2D eigenvalue weighted by Gasteiger charge is 2.31. The summed E-state index contributed by atoms with van der Waals surface area (Å²) in [5.41, 5.74) is 3.16. The minimum absolute atomic E-state index is 0.0846. The molecule has 0 amide bonds. The van der Waals surface area contributed by atoms with Crippen LogP contribution in [0, 0.1) is 20.8 Å². The highest BCUT2D eigenvalue weighted by atomic mass is 32.2. The average molecular weight is 419 g/mol. The van der Waals surface area contributed by atoms with Crippen LogP contribution in [0.25, 0.3) is 0 Å². The Morgan fingerprint density at radius 3 is 2.52 bits per heavy atom. The van der Waals surface area contributed by atoms with E-state index < -0.39 is 15.8 Å². The number of nitrogens with zero attached hydrogens (tertiary/aromatic N) is 1. The highest BCUT2D eigenvalue weighted by Crippen LogP contribution is 2.29. The third-order valence-corrected chi connectivity index (χ3v) is 7.09. The average Bonchev–Trinajstić information content (AvgIpc) is 3.17. The number of aryl methyl sites for hydroxylation is 2. The molecule has 1 aliphatic heterocycles. The largest absolute Gasteiger partial charge is 0.496 e. The number of esters is 1. The zero-order valence-electron chi connectivity index (χ0n) is 17.0. The fraction of sp³-hybridized carbons (Fsp3) is 0.429. The normalized spacial score (nSPS) is 17.9. The lowest BCUT2D eigenvalue weighted by atomic mass is 10.1. The number of sulfone groups is 1. The Labute approximate surface area is 170 Å². The lowest BCUT2D eigenvalue weighted by Gasteiger charge is -2.16. The van der Waals surface area contributed by atoms with Crippen molar-refractivity contribution in [2.24, 2.45) is 0 Å². The van der Waals surface area contributed by atoms with Crippen LogP contribution in [-0.4, -0.2) is 50.0 Å². The molecule has 156 valence electrons. The lowest BCUT2D eigenvalue weighted by Crippen LogP contribution is -2.17. The van der Waals surface area contributed by atoms with Crippen molar-refractivity contribution >= 4 is 21.6 Å². The van der Waals surface area contributed by atoms with Crippen LogP contribution in [0.4, 0.5) is 0 Å². The Bertz CT molecular complexity index is 1070. The number of ketones is 1. The molecule has 7 nitrogen and oxygen atoms in total. The summed E-state index contributed by atoms with van der Waals surface area (Å²) in [5.74, 6) is -0.109. The number of carbonyl (C=O) groups excluding carboxylic acids is 2. The van der Waals surface area contributed by atoms with Crippen LogP contribution >= 0.6 is 0 Å². The SMILES string of the molecule is COc1cc(C(=O)OCC(=O)c2cc(C)n([C@H]3CCS(=O)(=O)C3)c2C)ccc1C. The number of benzene rings is 1. The number of Topliss-reactive ketones (excluding diaryl/α,β-unsaturated/α-hetero) is 1. The van der Waals surface area contributed by atoms with Gasteiger partial charge in [-0.15, -0.1) is 0 Å². The van der Waals surface area contributed by atoms with Crippen LogP contribution in [0.5, 0.6) is 5.75 Å². The summed E-state index contributed by atoms with van der Waals surface area (Å²) in [4.78, 5) is 24.9. The summed E-state index contributed by atoms with van der Waals surface area (Å²) in [7, 11) is -1.51. The maximum absolute atomic E-state index is 12.7. The predicted octanol–water partition coefficient (Wildman–Crippen LogP) is 2.82. The van der Waals surface area contributed by atoms with Gasteiger partial charge in [-0.25, -0.2) is 13.2 Å². The van der Waals surface area contributed by atoms with Crippen LogP contribution < -0.4 is 4.74 Å². The minimum Gasteiger partial charge on any atom is -0.496 e. The van der Waals surface area contributed by atoms with Gasteiger partial charge in [0.25, 0.3) is 0 Å². The Morgan fingerprint density at radius 1 is 1.17 bits per heavy atom. The Morgan fingerprint density at radius 2 is 1.90 bits per heavy atom. The van der Waals surface area contributed by atoms with Crippen LogP contribution in [-0.2, 0) is 14.6 Å². The van der Waals surface area contributed by atoms with Crippen molar-refractivity contribution in [1.82, 2.24) is 4.57 Å². The molecule has 0 aliphatic carbocycles. The van der Waals surface area contributed by atoms with Gasteiger partial charge >= 0.3 is 5.97 Å². The van der Waals surface area contributed by atoms with E-state index in [9.17, 15) is 18.0 Å². The molecule has 8 heteroatoms. The fourth-order valence-corrected chi connectivity index (χ4v) is 5.54. The molecular formula is C21H25NO6S.